The van der Waals surface area contributed by atoms with E-state index in [1.54, 1.807) is 27.8 Å². The van der Waals surface area contributed by atoms with E-state index < -0.39 is 5.91 Å². The van der Waals surface area contributed by atoms with Crippen molar-refractivity contribution in [1.29, 1.82) is 0 Å². The number of nitrogens with two attached hydrogens (primary N) is 2. The molecule has 0 saturated heterocycles. The quantitative estimate of drug-likeness (QED) is 0.328. The summed E-state index contributed by atoms with van der Waals surface area (Å²) in [6.07, 6.45) is 7.15. The normalized spacial score (nSPS) is 10.6. The van der Waals surface area contributed by atoms with E-state index in [9.17, 15) is 9.59 Å². The number of anilines is 1. The van der Waals surface area contributed by atoms with Crippen molar-refractivity contribution in [3.05, 3.63) is 118 Å². The molecule has 204 valence electrons. The van der Waals surface area contributed by atoms with Crippen LogP contribution >= 0.6 is 0 Å². The van der Waals surface area contributed by atoms with Crippen LogP contribution in [0, 0.1) is 18.8 Å². The summed E-state index contributed by atoms with van der Waals surface area (Å²) in [6.45, 7) is 4.05. The Labute approximate surface area is 235 Å². The second-order valence-electron chi connectivity index (χ2n) is 9.28. The summed E-state index contributed by atoms with van der Waals surface area (Å²) in [5.41, 5.74) is 15.8. The molecule has 10 nitrogen and oxygen atoms in total. The Balaban J connectivity index is 0.000000216. The van der Waals surface area contributed by atoms with E-state index in [1.807, 2.05) is 62.5 Å². The first-order chi connectivity index (χ1) is 19.8. The monoisotopic (exact) mass is 544 g/mol. The molecule has 2 aromatic carbocycles. The third-order valence-electron chi connectivity index (χ3n) is 6.78. The molecule has 0 aliphatic heterocycles. The van der Waals surface area contributed by atoms with Gasteiger partial charge < -0.3 is 11.5 Å². The highest BCUT2D eigenvalue weighted by molar-refractivity contribution is 6.03. The van der Waals surface area contributed by atoms with Gasteiger partial charge in [0, 0.05) is 36.4 Å². The molecule has 0 saturated carbocycles. The Morgan fingerprint density at radius 2 is 1.78 bits per heavy atom. The number of carbonyl (C=O) groups excluding carboxylic acids is 1. The molecule has 6 aromatic rings. The van der Waals surface area contributed by atoms with Crippen LogP contribution in [-0.2, 0) is 13.5 Å². The van der Waals surface area contributed by atoms with E-state index in [4.69, 9.17) is 11.5 Å². The summed E-state index contributed by atoms with van der Waals surface area (Å²) < 4.78 is 5.05. The van der Waals surface area contributed by atoms with Crippen LogP contribution < -0.4 is 17.0 Å². The van der Waals surface area contributed by atoms with Gasteiger partial charge in [-0.1, -0.05) is 49.1 Å². The van der Waals surface area contributed by atoms with E-state index >= 15 is 0 Å². The van der Waals surface area contributed by atoms with Gasteiger partial charge in [0.1, 0.15) is 5.56 Å². The van der Waals surface area contributed by atoms with Crippen molar-refractivity contribution >= 4 is 28.0 Å². The maximum Gasteiger partial charge on any atom is 0.264 e. The summed E-state index contributed by atoms with van der Waals surface area (Å²) in [5, 5.41) is 9.69. The molecule has 0 aliphatic carbocycles. The smallest absolute Gasteiger partial charge is 0.264 e. The minimum Gasteiger partial charge on any atom is -0.382 e. The summed E-state index contributed by atoms with van der Waals surface area (Å²) in [7, 11) is 1.89. The lowest BCUT2D eigenvalue weighted by molar-refractivity contribution is 0.100. The highest BCUT2D eigenvalue weighted by Gasteiger charge is 2.15. The molecule has 4 N–H and O–H groups in total. The molecule has 4 heterocycles. The van der Waals surface area contributed by atoms with Crippen LogP contribution in [0.25, 0.3) is 22.0 Å². The predicted molar refractivity (Wildman–Crippen MR) is 159 cm³/mol. The van der Waals surface area contributed by atoms with Crippen molar-refractivity contribution in [3.8, 4) is 17.5 Å². The molecule has 0 fully saturated rings. The number of nitrogens with zero attached hydrogens (tertiary/aromatic N) is 6. The Morgan fingerprint density at radius 3 is 2.46 bits per heavy atom. The zero-order valence-corrected chi connectivity index (χ0v) is 22.9. The number of benzene rings is 2. The first kappa shape index (κ1) is 26.9. The fraction of sp³-hybridized carbons (Fsp3) is 0.129. The molecule has 0 bridgehead atoms. The molecule has 0 unspecified atom stereocenters. The third-order valence-corrected chi connectivity index (χ3v) is 6.78. The van der Waals surface area contributed by atoms with Gasteiger partial charge in [0.05, 0.1) is 34.6 Å². The van der Waals surface area contributed by atoms with Crippen molar-refractivity contribution in [2.24, 2.45) is 12.8 Å². The first-order valence-electron chi connectivity index (χ1n) is 12.9. The molecule has 0 spiro atoms. The number of nitrogen functional groups attached to an aromatic ring is 1. The molecule has 1 amide bonds. The molecule has 0 aliphatic rings. The molecular weight excluding hydrogens is 516 g/mol. The predicted octanol–water partition coefficient (Wildman–Crippen LogP) is 3.41. The Bertz CT molecular complexity index is 2020. The van der Waals surface area contributed by atoms with E-state index in [-0.39, 0.29) is 16.9 Å². The second kappa shape index (κ2) is 11.2. The maximum absolute atomic E-state index is 13.5. The van der Waals surface area contributed by atoms with Gasteiger partial charge in [-0.25, -0.2) is 4.52 Å². The van der Waals surface area contributed by atoms with Gasteiger partial charge in [0.2, 0.25) is 0 Å². The number of carbonyl (C=O) groups is 1. The number of aromatic nitrogens is 6. The van der Waals surface area contributed by atoms with Crippen molar-refractivity contribution in [1.82, 2.24) is 28.9 Å². The van der Waals surface area contributed by atoms with Gasteiger partial charge in [0.25, 0.3) is 11.5 Å². The first-order valence-corrected chi connectivity index (χ1v) is 12.9. The fourth-order valence-corrected chi connectivity index (χ4v) is 4.57. The van der Waals surface area contributed by atoms with Crippen LogP contribution in [0.4, 0.5) is 5.82 Å². The van der Waals surface area contributed by atoms with Crippen LogP contribution in [0.2, 0.25) is 0 Å². The van der Waals surface area contributed by atoms with Crippen LogP contribution in [0.3, 0.4) is 0 Å². The van der Waals surface area contributed by atoms with Crippen LogP contribution in [0.5, 0.6) is 0 Å². The van der Waals surface area contributed by atoms with Crippen LogP contribution in [-0.4, -0.2) is 34.9 Å². The number of para-hydroxylation sites is 1. The third kappa shape index (κ3) is 5.16. The molecule has 0 radical (unpaired) electrons. The van der Waals surface area contributed by atoms with Crippen molar-refractivity contribution in [2.45, 2.75) is 20.3 Å². The SMILES string of the molecule is CCc1cc2cccc(C#Cc3cnn(C)c3C)c2c(=O)n1-c1ccccc1.NC(=O)c1c(N)nn2ccncc12. The number of aryl methyl sites for hydroxylation is 2. The summed E-state index contributed by atoms with van der Waals surface area (Å²) in [5.74, 6) is 5.90. The second-order valence-corrected chi connectivity index (χ2v) is 9.28. The highest BCUT2D eigenvalue weighted by Crippen LogP contribution is 2.20. The number of amides is 1. The maximum atomic E-state index is 13.5. The standard InChI is InChI=1S/C24H21N3O.C7H7N5O/c1-4-21-15-19-10-8-9-18(13-14-20-16-25-26(3)17(20)2)23(19)24(28)27(21)22-11-6-5-7-12-22;8-6-5(7(9)13)4-3-10-1-2-12(4)11-6/h5-12,15-16H,4H2,1-3H3;1-3H,(H2,8,11)(H2,9,13). The zero-order chi connectivity index (χ0) is 29.1. The van der Waals surface area contributed by atoms with E-state index in [1.165, 1.54) is 10.7 Å². The molecular formula is C31H28N8O2. The number of rotatable bonds is 3. The Morgan fingerprint density at radius 1 is 1.02 bits per heavy atom. The number of primary amides is 1. The number of fused-ring (bicyclic) bond motifs is 2. The minimum absolute atomic E-state index is 0.0339. The van der Waals surface area contributed by atoms with Crippen molar-refractivity contribution < 1.29 is 4.79 Å². The van der Waals surface area contributed by atoms with E-state index in [0.29, 0.717) is 10.9 Å². The topological polar surface area (TPSA) is 139 Å². The highest BCUT2D eigenvalue weighted by atomic mass is 16.1. The lowest BCUT2D eigenvalue weighted by Gasteiger charge is -2.14. The largest absolute Gasteiger partial charge is 0.382 e. The zero-order valence-electron chi connectivity index (χ0n) is 22.9. The van der Waals surface area contributed by atoms with Crippen molar-refractivity contribution in [2.75, 3.05) is 5.73 Å². The Hall–Kier alpha value is -5.69. The lowest BCUT2D eigenvalue weighted by Crippen LogP contribution is -2.22. The lowest BCUT2D eigenvalue weighted by atomic mass is 10.0. The molecule has 0 atom stereocenters. The average Bonchev–Trinajstić information content (AvgIpc) is 3.49. The average molecular weight is 545 g/mol. The number of pyridine rings is 1. The van der Waals surface area contributed by atoms with Crippen LogP contribution in [0.1, 0.15) is 39.8 Å². The molecule has 6 rings (SSSR count). The molecule has 4 aromatic heterocycles. The van der Waals surface area contributed by atoms with Gasteiger partial charge in [0.15, 0.2) is 5.82 Å². The van der Waals surface area contributed by atoms with Crippen LogP contribution in [0.15, 0.2) is 84.2 Å². The fourth-order valence-electron chi connectivity index (χ4n) is 4.57. The minimum atomic E-state index is -0.597. The number of hydrogen-bond acceptors (Lipinski definition) is 6. The van der Waals surface area contributed by atoms with Gasteiger partial charge in [-0.15, -0.1) is 5.10 Å². The molecule has 10 heteroatoms. The van der Waals surface area contributed by atoms with Gasteiger partial charge in [-0.05, 0) is 43.0 Å². The van der Waals surface area contributed by atoms with E-state index in [0.717, 1.165) is 40.0 Å². The summed E-state index contributed by atoms with van der Waals surface area (Å²) in [4.78, 5) is 28.3. The summed E-state index contributed by atoms with van der Waals surface area (Å²) >= 11 is 0. The number of hydrogen-bond donors (Lipinski definition) is 2. The Kier molecular flexibility index (Phi) is 7.35. The van der Waals surface area contributed by atoms with Gasteiger partial charge in [-0.2, -0.15) is 5.10 Å². The van der Waals surface area contributed by atoms with Gasteiger partial charge in [-0.3, -0.25) is 23.8 Å². The van der Waals surface area contributed by atoms with E-state index in [2.05, 4.69) is 40.0 Å². The summed E-state index contributed by atoms with van der Waals surface area (Å²) in [6, 6.07) is 17.7. The molecule has 41 heavy (non-hydrogen) atoms. The van der Waals surface area contributed by atoms with Crippen molar-refractivity contribution in [3.63, 3.8) is 0 Å². The van der Waals surface area contributed by atoms with Gasteiger partial charge >= 0.3 is 0 Å².